The molecule has 1 N–H and O–H groups in total. The molecule has 5 heteroatoms. The Hall–Kier alpha value is -2.69. The molecule has 3 rings (SSSR count). The molecule has 2 heterocycles. The molecule has 1 aromatic heterocycles. The maximum absolute atomic E-state index is 12.7. The Balaban J connectivity index is 1.86. The molecule has 2 atom stereocenters. The first-order valence-corrected chi connectivity index (χ1v) is 7.61. The number of carbonyl (C=O) groups excluding carboxylic acids is 2. The van der Waals surface area contributed by atoms with Crippen LogP contribution in [0.4, 0.5) is 5.82 Å². The fourth-order valence-corrected chi connectivity index (χ4v) is 3.04. The molecule has 0 bridgehead atoms. The number of nitrogens with zero attached hydrogens (tertiary/aromatic N) is 2. The van der Waals surface area contributed by atoms with Crippen molar-refractivity contribution < 1.29 is 9.59 Å². The maximum Gasteiger partial charge on any atom is 0.231 e. The van der Waals surface area contributed by atoms with E-state index in [9.17, 15) is 9.59 Å². The first kappa shape index (κ1) is 15.2. The van der Waals surface area contributed by atoms with Crippen LogP contribution < -0.4 is 5.32 Å². The molecule has 1 saturated heterocycles. The van der Waals surface area contributed by atoms with E-state index < -0.39 is 5.92 Å². The highest BCUT2D eigenvalue weighted by molar-refractivity contribution is 5.97. The van der Waals surface area contributed by atoms with Crippen LogP contribution in [0, 0.1) is 12.8 Å². The van der Waals surface area contributed by atoms with Gasteiger partial charge in [-0.05, 0) is 24.1 Å². The van der Waals surface area contributed by atoms with E-state index in [-0.39, 0.29) is 24.3 Å². The van der Waals surface area contributed by atoms with Gasteiger partial charge in [0.15, 0.2) is 0 Å². The summed E-state index contributed by atoms with van der Waals surface area (Å²) in [6, 6.07) is 13.1. The number of hydrogen-bond donors (Lipinski definition) is 1. The van der Waals surface area contributed by atoms with E-state index in [2.05, 4.69) is 10.3 Å². The number of aromatic nitrogens is 1. The van der Waals surface area contributed by atoms with Gasteiger partial charge in [0.1, 0.15) is 5.82 Å². The molecule has 0 saturated carbocycles. The zero-order valence-electron chi connectivity index (χ0n) is 13.2. The second-order valence-corrected chi connectivity index (χ2v) is 5.83. The van der Waals surface area contributed by atoms with Crippen LogP contribution in [-0.4, -0.2) is 28.7 Å². The fourth-order valence-electron chi connectivity index (χ4n) is 3.04. The minimum Gasteiger partial charge on any atom is -0.338 e. The van der Waals surface area contributed by atoms with Crippen molar-refractivity contribution in [2.75, 3.05) is 12.4 Å². The number of nitrogens with one attached hydrogen (secondary N) is 1. The SMILES string of the molecule is Cc1cccnc1NC(=O)C1CC(=O)N(C)C1c1ccccc1. The Morgan fingerprint density at radius 3 is 2.65 bits per heavy atom. The lowest BCUT2D eigenvalue weighted by Gasteiger charge is -2.25. The summed E-state index contributed by atoms with van der Waals surface area (Å²) < 4.78 is 0. The van der Waals surface area contributed by atoms with Crippen LogP contribution >= 0.6 is 0 Å². The smallest absolute Gasteiger partial charge is 0.231 e. The Morgan fingerprint density at radius 2 is 1.96 bits per heavy atom. The van der Waals surface area contributed by atoms with Crippen LogP contribution in [0.25, 0.3) is 0 Å². The second-order valence-electron chi connectivity index (χ2n) is 5.83. The molecular weight excluding hydrogens is 290 g/mol. The van der Waals surface area contributed by atoms with E-state index in [1.165, 1.54) is 0 Å². The summed E-state index contributed by atoms with van der Waals surface area (Å²) in [6.07, 6.45) is 1.86. The number of benzene rings is 1. The molecular formula is C18H19N3O2. The summed E-state index contributed by atoms with van der Waals surface area (Å²) in [5.41, 5.74) is 1.87. The molecule has 2 amide bonds. The molecule has 2 unspecified atom stereocenters. The highest BCUT2D eigenvalue weighted by Crippen LogP contribution is 2.37. The van der Waals surface area contributed by atoms with Crippen LogP contribution in [0.5, 0.6) is 0 Å². The number of aryl methyl sites for hydroxylation is 1. The van der Waals surface area contributed by atoms with Gasteiger partial charge < -0.3 is 10.2 Å². The summed E-state index contributed by atoms with van der Waals surface area (Å²) >= 11 is 0. The van der Waals surface area contributed by atoms with Crippen molar-refractivity contribution in [3.63, 3.8) is 0 Å². The molecule has 1 aromatic carbocycles. The van der Waals surface area contributed by atoms with Gasteiger partial charge in [-0.1, -0.05) is 36.4 Å². The van der Waals surface area contributed by atoms with Gasteiger partial charge in [-0.15, -0.1) is 0 Å². The normalized spacial score (nSPS) is 20.6. The number of pyridine rings is 1. The predicted molar refractivity (Wildman–Crippen MR) is 87.7 cm³/mol. The minimum atomic E-state index is -0.420. The zero-order valence-corrected chi connectivity index (χ0v) is 13.2. The van der Waals surface area contributed by atoms with E-state index in [4.69, 9.17) is 0 Å². The van der Waals surface area contributed by atoms with Crippen LogP contribution in [-0.2, 0) is 9.59 Å². The molecule has 1 aliphatic heterocycles. The molecule has 1 fully saturated rings. The molecule has 23 heavy (non-hydrogen) atoms. The summed E-state index contributed by atoms with van der Waals surface area (Å²) in [7, 11) is 1.75. The molecule has 0 aliphatic carbocycles. The third kappa shape index (κ3) is 2.95. The highest BCUT2D eigenvalue weighted by Gasteiger charge is 2.42. The average molecular weight is 309 g/mol. The van der Waals surface area contributed by atoms with Crippen molar-refractivity contribution in [1.82, 2.24) is 9.88 Å². The van der Waals surface area contributed by atoms with Gasteiger partial charge in [-0.2, -0.15) is 0 Å². The summed E-state index contributed by atoms with van der Waals surface area (Å²) in [4.78, 5) is 30.7. The van der Waals surface area contributed by atoms with Gasteiger partial charge >= 0.3 is 0 Å². The van der Waals surface area contributed by atoms with Crippen LogP contribution in [0.15, 0.2) is 48.7 Å². The van der Waals surface area contributed by atoms with Gasteiger partial charge in [0, 0.05) is 19.7 Å². The van der Waals surface area contributed by atoms with Crippen molar-refractivity contribution in [3.05, 3.63) is 59.8 Å². The molecule has 5 nitrogen and oxygen atoms in total. The van der Waals surface area contributed by atoms with Crippen LogP contribution in [0.3, 0.4) is 0 Å². The van der Waals surface area contributed by atoms with Crippen LogP contribution in [0.1, 0.15) is 23.6 Å². The Morgan fingerprint density at radius 1 is 1.22 bits per heavy atom. The third-order valence-corrected chi connectivity index (χ3v) is 4.32. The number of carbonyl (C=O) groups is 2. The number of amides is 2. The summed E-state index contributed by atoms with van der Waals surface area (Å²) in [6.45, 7) is 1.89. The summed E-state index contributed by atoms with van der Waals surface area (Å²) in [5.74, 6) is -0.0577. The first-order chi connectivity index (χ1) is 11.1. The van der Waals surface area contributed by atoms with Gasteiger partial charge in [-0.3, -0.25) is 9.59 Å². The average Bonchev–Trinajstić information content (AvgIpc) is 2.86. The number of likely N-dealkylation sites (tertiary alicyclic amines) is 1. The van der Waals surface area contributed by atoms with Crippen molar-refractivity contribution in [2.24, 2.45) is 5.92 Å². The van der Waals surface area contributed by atoms with E-state index in [0.717, 1.165) is 11.1 Å². The van der Waals surface area contributed by atoms with Crippen LogP contribution in [0.2, 0.25) is 0 Å². The molecule has 1 aliphatic rings. The van der Waals surface area contributed by atoms with Gasteiger partial charge in [0.25, 0.3) is 0 Å². The highest BCUT2D eigenvalue weighted by atomic mass is 16.2. The molecule has 0 radical (unpaired) electrons. The number of anilines is 1. The predicted octanol–water partition coefficient (Wildman–Crippen LogP) is 2.55. The van der Waals surface area contributed by atoms with Gasteiger partial charge in [0.05, 0.1) is 12.0 Å². The quantitative estimate of drug-likeness (QED) is 0.948. The third-order valence-electron chi connectivity index (χ3n) is 4.32. The number of rotatable bonds is 3. The lowest BCUT2D eigenvalue weighted by Crippen LogP contribution is -2.30. The first-order valence-electron chi connectivity index (χ1n) is 7.61. The number of hydrogen-bond acceptors (Lipinski definition) is 3. The Kier molecular flexibility index (Phi) is 4.10. The van der Waals surface area contributed by atoms with E-state index in [0.29, 0.717) is 5.82 Å². The lowest BCUT2D eigenvalue weighted by atomic mass is 9.93. The molecule has 2 aromatic rings. The molecule has 118 valence electrons. The topological polar surface area (TPSA) is 62.3 Å². The lowest BCUT2D eigenvalue weighted by molar-refractivity contribution is -0.127. The minimum absolute atomic E-state index is 0.0169. The van der Waals surface area contributed by atoms with E-state index >= 15 is 0 Å². The van der Waals surface area contributed by atoms with E-state index in [1.807, 2.05) is 49.4 Å². The van der Waals surface area contributed by atoms with Gasteiger partial charge in [0.2, 0.25) is 11.8 Å². The second kappa shape index (κ2) is 6.20. The van der Waals surface area contributed by atoms with Crippen molar-refractivity contribution >= 4 is 17.6 Å². The standard InChI is InChI=1S/C18H19N3O2/c1-12-7-6-10-19-17(12)20-18(23)14-11-15(22)21(2)16(14)13-8-4-3-5-9-13/h3-10,14,16H,11H2,1-2H3,(H,19,20,23). The Labute approximate surface area is 135 Å². The monoisotopic (exact) mass is 309 g/mol. The van der Waals surface area contributed by atoms with Crippen molar-refractivity contribution in [2.45, 2.75) is 19.4 Å². The Bertz CT molecular complexity index is 730. The zero-order chi connectivity index (χ0) is 16.4. The van der Waals surface area contributed by atoms with E-state index in [1.54, 1.807) is 18.1 Å². The summed E-state index contributed by atoms with van der Waals surface area (Å²) in [5, 5.41) is 2.86. The maximum atomic E-state index is 12.7. The fraction of sp³-hybridized carbons (Fsp3) is 0.278. The van der Waals surface area contributed by atoms with Crippen molar-refractivity contribution in [3.8, 4) is 0 Å². The largest absolute Gasteiger partial charge is 0.338 e. The van der Waals surface area contributed by atoms with Gasteiger partial charge in [-0.25, -0.2) is 4.98 Å². The van der Waals surface area contributed by atoms with Crippen molar-refractivity contribution in [1.29, 1.82) is 0 Å². The molecule has 0 spiro atoms.